The Balaban J connectivity index is 1.75. The second-order valence-corrected chi connectivity index (χ2v) is 5.60. The molecule has 0 aliphatic carbocycles. The highest BCUT2D eigenvalue weighted by Crippen LogP contribution is 2.29. The molecule has 0 fully saturated rings. The molecular formula is C14H13ClN2OS. The number of aromatic nitrogens is 1. The van der Waals surface area contributed by atoms with Crippen LogP contribution in [0.1, 0.15) is 16.1 Å². The van der Waals surface area contributed by atoms with Gasteiger partial charge in [-0.05, 0) is 24.6 Å². The minimum Gasteiger partial charge on any atom is -0.444 e. The van der Waals surface area contributed by atoms with Gasteiger partial charge in [0.1, 0.15) is 5.58 Å². The molecule has 0 aliphatic heterocycles. The first-order valence-corrected chi connectivity index (χ1v) is 7.27. The molecule has 0 bridgehead atoms. The van der Waals surface area contributed by atoms with E-state index in [0.717, 1.165) is 28.8 Å². The van der Waals surface area contributed by atoms with Gasteiger partial charge in [0.15, 0.2) is 5.22 Å². The molecule has 0 radical (unpaired) electrons. The first kappa shape index (κ1) is 12.7. The molecule has 3 rings (SSSR count). The zero-order valence-electron chi connectivity index (χ0n) is 10.4. The van der Waals surface area contributed by atoms with Crippen molar-refractivity contribution in [2.75, 3.05) is 0 Å². The van der Waals surface area contributed by atoms with Crippen LogP contribution >= 0.6 is 22.9 Å². The molecule has 2 heterocycles. The molecule has 0 saturated heterocycles. The van der Waals surface area contributed by atoms with Gasteiger partial charge < -0.3 is 9.73 Å². The van der Waals surface area contributed by atoms with Gasteiger partial charge in [-0.2, -0.15) is 0 Å². The van der Waals surface area contributed by atoms with Crippen LogP contribution in [0.25, 0.3) is 11.0 Å². The highest BCUT2D eigenvalue weighted by molar-refractivity contribution is 7.09. The number of furan rings is 1. The van der Waals surface area contributed by atoms with Crippen LogP contribution in [-0.4, -0.2) is 4.98 Å². The van der Waals surface area contributed by atoms with Crippen LogP contribution in [0.4, 0.5) is 0 Å². The number of halogens is 1. The number of aryl methyl sites for hydroxylation is 1. The Kier molecular flexibility index (Phi) is 3.55. The highest BCUT2D eigenvalue weighted by Gasteiger charge is 2.11. The molecular weight excluding hydrogens is 280 g/mol. The fraction of sp³-hybridized carbons (Fsp3) is 0.214. The number of hydrogen-bond donors (Lipinski definition) is 1. The fourth-order valence-electron chi connectivity index (χ4n) is 2.03. The second-order valence-electron chi connectivity index (χ2n) is 4.31. The summed E-state index contributed by atoms with van der Waals surface area (Å²) < 4.78 is 5.53. The van der Waals surface area contributed by atoms with Crippen LogP contribution < -0.4 is 5.32 Å². The Morgan fingerprint density at radius 1 is 1.32 bits per heavy atom. The zero-order chi connectivity index (χ0) is 13.2. The first-order valence-electron chi connectivity index (χ1n) is 6.01. The number of para-hydroxylation sites is 1. The van der Waals surface area contributed by atoms with Crippen molar-refractivity contribution in [2.24, 2.45) is 0 Å². The van der Waals surface area contributed by atoms with Crippen molar-refractivity contribution >= 4 is 33.9 Å². The van der Waals surface area contributed by atoms with Crippen molar-refractivity contribution in [1.82, 2.24) is 10.3 Å². The number of nitrogens with one attached hydrogen (secondary N) is 1. The predicted octanol–water partition coefficient (Wildman–Crippen LogP) is 4.14. The van der Waals surface area contributed by atoms with E-state index < -0.39 is 0 Å². The second kappa shape index (κ2) is 5.33. The van der Waals surface area contributed by atoms with Gasteiger partial charge in [-0.1, -0.05) is 18.2 Å². The van der Waals surface area contributed by atoms with Gasteiger partial charge in [0.25, 0.3) is 0 Å². The Hall–Kier alpha value is -1.36. The average Bonchev–Trinajstić information content (AvgIpc) is 2.94. The van der Waals surface area contributed by atoms with Gasteiger partial charge in [-0.15, -0.1) is 11.3 Å². The number of rotatable bonds is 4. The lowest BCUT2D eigenvalue weighted by Crippen LogP contribution is -2.12. The zero-order valence-corrected chi connectivity index (χ0v) is 12.0. The molecule has 0 saturated carbocycles. The highest BCUT2D eigenvalue weighted by atomic mass is 35.5. The Morgan fingerprint density at radius 2 is 2.16 bits per heavy atom. The van der Waals surface area contributed by atoms with Crippen LogP contribution in [0, 0.1) is 6.92 Å². The summed E-state index contributed by atoms with van der Waals surface area (Å²) in [6.45, 7) is 3.51. The Labute approximate surface area is 120 Å². The first-order chi connectivity index (χ1) is 9.25. The van der Waals surface area contributed by atoms with E-state index in [9.17, 15) is 0 Å². The van der Waals surface area contributed by atoms with Gasteiger partial charge in [0.05, 0.1) is 11.2 Å². The maximum absolute atomic E-state index is 6.14. The molecule has 98 valence electrons. The van der Waals surface area contributed by atoms with E-state index in [1.807, 2.05) is 36.7 Å². The molecule has 0 atom stereocenters. The summed E-state index contributed by atoms with van der Waals surface area (Å²) in [7, 11) is 0. The van der Waals surface area contributed by atoms with Crippen LogP contribution in [0.5, 0.6) is 0 Å². The molecule has 1 N–H and O–H groups in total. The molecule has 0 spiro atoms. The molecule has 0 amide bonds. The van der Waals surface area contributed by atoms with Crippen LogP contribution in [0.2, 0.25) is 5.22 Å². The maximum Gasteiger partial charge on any atom is 0.199 e. The minimum atomic E-state index is 0.467. The third-order valence-corrected chi connectivity index (χ3v) is 4.32. The van der Waals surface area contributed by atoms with Crippen LogP contribution in [0.3, 0.4) is 0 Å². The summed E-state index contributed by atoms with van der Waals surface area (Å²) in [5.41, 5.74) is 4.80. The van der Waals surface area contributed by atoms with E-state index in [4.69, 9.17) is 16.0 Å². The summed E-state index contributed by atoms with van der Waals surface area (Å²) in [4.78, 5) is 5.49. The van der Waals surface area contributed by atoms with Crippen molar-refractivity contribution < 1.29 is 4.42 Å². The number of hydrogen-bond acceptors (Lipinski definition) is 4. The molecule has 0 unspecified atom stereocenters. The van der Waals surface area contributed by atoms with Gasteiger partial charge in [-0.25, -0.2) is 4.98 Å². The summed E-state index contributed by atoms with van der Waals surface area (Å²) in [5.74, 6) is 0. The molecule has 19 heavy (non-hydrogen) atoms. The third-order valence-electron chi connectivity index (χ3n) is 3.08. The van der Waals surface area contributed by atoms with E-state index in [1.54, 1.807) is 11.3 Å². The van der Waals surface area contributed by atoms with Gasteiger partial charge in [0.2, 0.25) is 0 Å². The van der Waals surface area contributed by atoms with Crippen molar-refractivity contribution in [1.29, 1.82) is 0 Å². The predicted molar refractivity (Wildman–Crippen MR) is 78.6 cm³/mol. The standard InChI is InChI=1S/C14H13ClN2OS/c1-9-13(19-8-17-9)7-16-6-11-10-4-2-3-5-12(10)18-14(11)15/h2-5,8,16H,6-7H2,1H3. The van der Waals surface area contributed by atoms with E-state index in [0.29, 0.717) is 11.8 Å². The summed E-state index contributed by atoms with van der Waals surface area (Å²) in [6, 6.07) is 7.89. The lowest BCUT2D eigenvalue weighted by molar-refractivity contribution is 0.604. The molecule has 3 aromatic rings. The maximum atomic E-state index is 6.14. The average molecular weight is 293 g/mol. The largest absolute Gasteiger partial charge is 0.444 e. The third kappa shape index (κ3) is 2.52. The van der Waals surface area contributed by atoms with Crippen LogP contribution in [-0.2, 0) is 13.1 Å². The number of nitrogens with zero attached hydrogens (tertiary/aromatic N) is 1. The number of fused-ring (bicyclic) bond motifs is 1. The Morgan fingerprint density at radius 3 is 2.95 bits per heavy atom. The molecule has 3 nitrogen and oxygen atoms in total. The van der Waals surface area contributed by atoms with Crippen molar-refractivity contribution in [3.63, 3.8) is 0 Å². The number of benzene rings is 1. The topological polar surface area (TPSA) is 38.1 Å². The monoisotopic (exact) mass is 292 g/mol. The van der Waals surface area contributed by atoms with E-state index in [-0.39, 0.29) is 0 Å². The smallest absolute Gasteiger partial charge is 0.199 e. The molecule has 5 heteroatoms. The Bertz CT molecular complexity index is 704. The SMILES string of the molecule is Cc1ncsc1CNCc1c(Cl)oc2ccccc12. The normalized spacial score (nSPS) is 11.3. The van der Waals surface area contributed by atoms with Crippen LogP contribution in [0.15, 0.2) is 34.2 Å². The van der Waals surface area contributed by atoms with E-state index in [1.165, 1.54) is 4.88 Å². The van der Waals surface area contributed by atoms with E-state index in [2.05, 4.69) is 10.3 Å². The summed E-state index contributed by atoms with van der Waals surface area (Å²) >= 11 is 7.81. The molecule has 2 aromatic heterocycles. The van der Waals surface area contributed by atoms with Crippen molar-refractivity contribution in [2.45, 2.75) is 20.0 Å². The van der Waals surface area contributed by atoms with Gasteiger partial charge in [-0.3, -0.25) is 0 Å². The lowest BCUT2D eigenvalue weighted by Gasteiger charge is -2.02. The summed E-state index contributed by atoms with van der Waals surface area (Å²) in [6.07, 6.45) is 0. The lowest BCUT2D eigenvalue weighted by atomic mass is 10.2. The number of thiazole rings is 1. The molecule has 1 aromatic carbocycles. The fourth-order valence-corrected chi connectivity index (χ4v) is 3.03. The minimum absolute atomic E-state index is 0.467. The summed E-state index contributed by atoms with van der Waals surface area (Å²) in [5, 5.41) is 4.93. The van der Waals surface area contributed by atoms with Gasteiger partial charge >= 0.3 is 0 Å². The molecule has 0 aliphatic rings. The van der Waals surface area contributed by atoms with E-state index >= 15 is 0 Å². The van der Waals surface area contributed by atoms with Crippen molar-refractivity contribution in [3.05, 3.63) is 51.1 Å². The van der Waals surface area contributed by atoms with Crippen molar-refractivity contribution in [3.8, 4) is 0 Å². The quantitative estimate of drug-likeness (QED) is 0.785. The van der Waals surface area contributed by atoms with Gasteiger partial charge in [0, 0.05) is 28.9 Å².